The van der Waals surface area contributed by atoms with Crippen LogP contribution in [0.1, 0.15) is 187 Å². The minimum atomic E-state index is -4.12. The number of aryl methyl sites for hydroxylation is 6. The molecule has 0 saturated carbocycles. The number of hydrogen-bond acceptors (Lipinski definition) is 20. The molecule has 8 aromatic rings. The predicted molar refractivity (Wildman–Crippen MR) is 430 cm³/mol. The summed E-state index contributed by atoms with van der Waals surface area (Å²) in [6.07, 6.45) is 30.9. The molecule has 4 aromatic carbocycles. The van der Waals surface area contributed by atoms with Crippen LogP contribution in [0.4, 0.5) is 46.3 Å². The number of rotatable bonds is 22. The molecule has 2 saturated heterocycles. The second-order valence-corrected chi connectivity index (χ2v) is 37.5. The molecule has 8 amide bonds. The van der Waals surface area contributed by atoms with Gasteiger partial charge in [0.1, 0.15) is 25.4 Å². The van der Waals surface area contributed by atoms with E-state index in [9.17, 15) is 57.2 Å². The summed E-state index contributed by atoms with van der Waals surface area (Å²) in [6, 6.07) is 6.54. The van der Waals surface area contributed by atoms with Crippen LogP contribution in [0.3, 0.4) is 0 Å². The highest BCUT2D eigenvalue weighted by atomic mass is 32.2. The van der Waals surface area contributed by atoms with Gasteiger partial charge >= 0.3 is 24.1 Å². The Balaban J connectivity index is 0.000000135. The number of anilines is 4. The summed E-state index contributed by atoms with van der Waals surface area (Å²) in [4.78, 5) is 50.1. The van der Waals surface area contributed by atoms with E-state index in [4.69, 9.17) is 18.9 Å². The van der Waals surface area contributed by atoms with Gasteiger partial charge in [0.05, 0.1) is 69.8 Å². The van der Waals surface area contributed by atoms with E-state index in [-0.39, 0.29) is 43.5 Å². The number of ether oxygens (including phenoxy) is 4. The first kappa shape index (κ1) is 84.3. The van der Waals surface area contributed by atoms with E-state index in [1.807, 2.05) is 32.4 Å². The Bertz CT molecular complexity index is 5350. The van der Waals surface area contributed by atoms with Gasteiger partial charge in [0, 0.05) is 81.6 Å². The van der Waals surface area contributed by atoms with Gasteiger partial charge in [-0.15, -0.1) is 0 Å². The molecule has 624 valence electrons. The zero-order valence-corrected chi connectivity index (χ0v) is 69.2. The Morgan fingerprint density at radius 1 is 0.414 bits per heavy atom. The van der Waals surface area contributed by atoms with Crippen LogP contribution in [0, 0.1) is 5.82 Å². The van der Waals surface area contributed by atoms with Crippen molar-refractivity contribution < 1.29 is 76.2 Å². The average molecular weight is 1680 g/mol. The molecule has 8 N–H and O–H groups in total. The summed E-state index contributed by atoms with van der Waals surface area (Å²) >= 11 is 0. The summed E-state index contributed by atoms with van der Waals surface area (Å²) in [5.41, 5.74) is 18.7. The minimum Gasteiger partial charge on any atom is -0.383 e. The molecular weight excluding hydrogens is 1580 g/mol. The quantitative estimate of drug-likeness (QED) is 0.0312. The van der Waals surface area contributed by atoms with Gasteiger partial charge in [0.15, 0.2) is 0 Å². The van der Waals surface area contributed by atoms with Gasteiger partial charge in [-0.25, -0.2) is 76.1 Å². The van der Waals surface area contributed by atoms with Crippen LogP contribution in [-0.4, -0.2) is 151 Å². The molecule has 1 atom stereocenters. The van der Waals surface area contributed by atoms with E-state index in [2.05, 4.69) is 74.0 Å². The lowest BCUT2D eigenvalue weighted by molar-refractivity contribution is 0.0662. The number of fused-ring (bicyclic) bond motifs is 6. The van der Waals surface area contributed by atoms with Crippen molar-refractivity contribution in [2.75, 3.05) is 75.1 Å². The summed E-state index contributed by atoms with van der Waals surface area (Å²) in [7, 11) is -13.0. The third kappa shape index (κ3) is 19.8. The van der Waals surface area contributed by atoms with Gasteiger partial charge in [-0.2, -0.15) is 20.4 Å². The first-order valence-corrected chi connectivity index (χ1v) is 45.4. The van der Waals surface area contributed by atoms with Crippen LogP contribution in [0.25, 0.3) is 0 Å². The number of amides is 8. The second kappa shape index (κ2) is 36.5. The Hall–Kier alpha value is -9.63. The molecule has 2 aliphatic heterocycles. The summed E-state index contributed by atoms with van der Waals surface area (Å²) in [6.45, 7) is 11.5. The summed E-state index contributed by atoms with van der Waals surface area (Å²) < 4.78 is 150. The molecule has 6 aliphatic carbocycles. The van der Waals surface area contributed by atoms with Crippen LogP contribution in [0.15, 0.2) is 99.5 Å². The lowest BCUT2D eigenvalue weighted by Gasteiger charge is -2.22. The highest BCUT2D eigenvalue weighted by molar-refractivity contribution is 7.91. The van der Waals surface area contributed by atoms with Gasteiger partial charge in [-0.05, 0) is 237 Å². The molecule has 0 spiro atoms. The van der Waals surface area contributed by atoms with E-state index in [0.717, 1.165) is 191 Å². The van der Waals surface area contributed by atoms with Gasteiger partial charge in [-0.1, -0.05) is 45.9 Å². The standard InChI is InChI=1S/C21H26N4O4S.C20H24N4O4S.C19H27FN4O4S.C19H24N4O4S/c26-21(23-20-18-5-1-3-14(18)11-15-4-2-6-19(15)20)24-30(27,28)17-12-22-25(13-17)16-7-9-29-10-8-16;25-20(22-19-17-5-1-3-13(17)9-14-4-2-6-18(14)19)23-29(26,27)16-10-21-24(11-16)15-7-8-28-12-15;1-12(2)16-8-14(20)9-17(13(3)4)18(16)22-19(25)23-29(26,27)15-10-21-24(11-15)6-7-28-5;1-27-9-8-23-12-15(11-20-23)28(25,26)22-19(24)21-18-16-6-2-4-13(16)10-14-5-3-7-17(14)18/h11-13,16H,1-10H2,(H2,23,24,26);9-11,15H,1-8,12H2,(H2,22,23,25);8-13H,6-7H2,1-5H3,(H2,22,23,25);10-12H,2-9H2,1H3,(H2,21,22,24). The molecule has 1 unspecified atom stereocenters. The molecule has 8 aliphatic rings. The topological polar surface area (TPSA) is 409 Å². The number of methoxy groups -OCH3 is 2. The number of nitrogens with one attached hydrogen (secondary N) is 8. The van der Waals surface area contributed by atoms with Crippen molar-refractivity contribution in [1.29, 1.82) is 0 Å². The molecular formula is C79H101FN16O16S4. The normalized spacial score (nSPS) is 16.6. The number of sulfonamides is 4. The fourth-order valence-corrected chi connectivity index (χ4v) is 19.9. The maximum atomic E-state index is 14.0. The molecule has 16 rings (SSSR count). The first-order chi connectivity index (χ1) is 55.5. The van der Waals surface area contributed by atoms with Crippen molar-refractivity contribution in [1.82, 2.24) is 58.0 Å². The zero-order chi connectivity index (χ0) is 82.2. The molecule has 0 bridgehead atoms. The van der Waals surface area contributed by atoms with Gasteiger partial charge in [0.25, 0.3) is 40.1 Å². The predicted octanol–water partition coefficient (Wildman–Crippen LogP) is 10.5. The molecule has 37 heteroatoms. The second-order valence-electron chi connectivity index (χ2n) is 30.7. The largest absolute Gasteiger partial charge is 0.383 e. The number of aromatic nitrogens is 8. The summed E-state index contributed by atoms with van der Waals surface area (Å²) in [5, 5.41) is 27.4. The third-order valence-corrected chi connectivity index (χ3v) is 27.3. The van der Waals surface area contributed by atoms with Crippen molar-refractivity contribution in [3.8, 4) is 0 Å². The number of benzene rings is 4. The van der Waals surface area contributed by atoms with Crippen LogP contribution >= 0.6 is 0 Å². The van der Waals surface area contributed by atoms with Crippen molar-refractivity contribution in [3.05, 3.63) is 164 Å². The van der Waals surface area contributed by atoms with Crippen molar-refractivity contribution >= 4 is 87.0 Å². The maximum Gasteiger partial charge on any atom is 0.333 e. The van der Waals surface area contributed by atoms with Gasteiger partial charge in [-0.3, -0.25) is 18.7 Å². The average Bonchev–Trinajstić information content (AvgIpc) is 1.61. The van der Waals surface area contributed by atoms with Crippen LogP contribution < -0.4 is 40.2 Å². The lowest BCUT2D eigenvalue weighted by Crippen LogP contribution is -2.35. The van der Waals surface area contributed by atoms with Crippen molar-refractivity contribution in [2.45, 2.75) is 219 Å². The van der Waals surface area contributed by atoms with E-state index >= 15 is 0 Å². The van der Waals surface area contributed by atoms with E-state index < -0.39 is 70.0 Å². The number of carbonyl (C=O) groups excluding carboxylic acids is 4. The highest BCUT2D eigenvalue weighted by Crippen LogP contribution is 2.42. The number of urea groups is 4. The number of halogens is 1. The van der Waals surface area contributed by atoms with Crippen LogP contribution in [-0.2, 0) is 149 Å². The molecule has 0 radical (unpaired) electrons. The zero-order valence-electron chi connectivity index (χ0n) is 65.9. The molecule has 2 fully saturated rings. The van der Waals surface area contributed by atoms with E-state index in [1.54, 1.807) is 16.5 Å². The number of hydrogen-bond donors (Lipinski definition) is 8. The SMILES string of the molecule is COCCn1cc(S(=O)(=O)NC(=O)Nc2c(C(C)C)cc(F)cc2C(C)C)cn1.COCCn1cc(S(=O)(=O)NC(=O)Nc2c3c(cc4c2CCC4)CCC3)cn1.O=C(Nc1c2c(cc3c1CCC3)CCC2)NS(=O)(=O)c1cnn(C2CCOC2)c1.O=C(Nc1c2c(cc3c1CCC3)CCC2)NS(=O)(=O)c1cnn(C2CCOCC2)c1. The Labute approximate surface area is 675 Å². The summed E-state index contributed by atoms with van der Waals surface area (Å²) in [5.74, 6) is -0.553. The maximum absolute atomic E-state index is 14.0. The Morgan fingerprint density at radius 2 is 0.707 bits per heavy atom. The monoisotopic (exact) mass is 1680 g/mol. The van der Waals surface area contributed by atoms with E-state index in [0.29, 0.717) is 69.5 Å². The highest BCUT2D eigenvalue weighted by Gasteiger charge is 2.33. The molecule has 6 heterocycles. The smallest absolute Gasteiger partial charge is 0.333 e. The van der Waals surface area contributed by atoms with Crippen LogP contribution in [0.2, 0.25) is 0 Å². The Kier molecular flexibility index (Phi) is 26.5. The third-order valence-electron chi connectivity index (χ3n) is 22.2. The van der Waals surface area contributed by atoms with Crippen LogP contribution in [0.5, 0.6) is 0 Å². The fraction of sp³-hybridized carbons (Fsp3) is 0.494. The van der Waals surface area contributed by atoms with Gasteiger partial charge in [0.2, 0.25) is 0 Å². The van der Waals surface area contributed by atoms with Gasteiger partial charge < -0.3 is 40.2 Å². The van der Waals surface area contributed by atoms with Crippen molar-refractivity contribution in [2.24, 2.45) is 0 Å². The van der Waals surface area contributed by atoms with Crippen molar-refractivity contribution in [3.63, 3.8) is 0 Å². The molecule has 4 aromatic heterocycles. The minimum absolute atomic E-state index is 0.00680. The van der Waals surface area contributed by atoms with E-state index in [1.165, 1.54) is 105 Å². The molecule has 32 nitrogen and oxygen atoms in total. The fourth-order valence-electron chi connectivity index (χ4n) is 16.5. The Morgan fingerprint density at radius 3 is 1.02 bits per heavy atom. The number of nitrogens with zero attached hydrogens (tertiary/aromatic N) is 8. The molecule has 116 heavy (non-hydrogen) atoms. The number of carbonyl (C=O) groups is 4. The lowest BCUT2D eigenvalue weighted by atomic mass is 9.92. The first-order valence-electron chi connectivity index (χ1n) is 39.5.